The van der Waals surface area contributed by atoms with Gasteiger partial charge < -0.3 is 10.3 Å². The van der Waals surface area contributed by atoms with Gasteiger partial charge in [-0.25, -0.2) is 13.4 Å². The van der Waals surface area contributed by atoms with Gasteiger partial charge in [0.2, 0.25) is 10.0 Å². The molecule has 7 nitrogen and oxygen atoms in total. The first-order valence-corrected chi connectivity index (χ1v) is 11.5. The van der Waals surface area contributed by atoms with E-state index in [2.05, 4.69) is 14.5 Å². The molecular weight excluding hydrogens is 386 g/mol. The summed E-state index contributed by atoms with van der Waals surface area (Å²) in [6.45, 7) is 1.95. The van der Waals surface area contributed by atoms with E-state index in [4.69, 9.17) is 5.73 Å². The first-order valence-electron chi connectivity index (χ1n) is 10.1. The summed E-state index contributed by atoms with van der Waals surface area (Å²) < 4.78 is 30.2. The second-order valence-electron chi connectivity index (χ2n) is 7.70. The van der Waals surface area contributed by atoms with E-state index in [1.165, 1.54) is 0 Å². The van der Waals surface area contributed by atoms with Gasteiger partial charge in [0.15, 0.2) is 0 Å². The molecule has 0 aliphatic carbocycles. The van der Waals surface area contributed by atoms with Crippen molar-refractivity contribution in [2.45, 2.75) is 43.2 Å². The predicted octanol–water partition coefficient (Wildman–Crippen LogP) is 2.64. The number of benzene rings is 1. The van der Waals surface area contributed by atoms with Crippen LogP contribution in [0.4, 0.5) is 0 Å². The molecule has 0 amide bonds. The number of rotatable bonds is 7. The Balaban J connectivity index is 1.37. The summed E-state index contributed by atoms with van der Waals surface area (Å²) in [6.07, 6.45) is 12.4. The van der Waals surface area contributed by atoms with E-state index >= 15 is 0 Å². The summed E-state index contributed by atoms with van der Waals surface area (Å²) in [7, 11) is -3.53. The maximum absolute atomic E-state index is 13.2. The SMILES string of the molecule is NC(CCCn1ccnc1)C1CCN(S(=O)(=O)c2cccc3cnccc23)CC1. The van der Waals surface area contributed by atoms with Gasteiger partial charge in [-0.05, 0) is 43.7 Å². The molecule has 29 heavy (non-hydrogen) atoms. The number of hydrogen-bond donors (Lipinski definition) is 1. The molecule has 1 aliphatic rings. The van der Waals surface area contributed by atoms with Crippen molar-refractivity contribution in [1.82, 2.24) is 18.8 Å². The number of nitrogens with zero attached hydrogens (tertiary/aromatic N) is 4. The molecule has 1 fully saturated rings. The summed E-state index contributed by atoms with van der Waals surface area (Å²) in [5, 5.41) is 1.56. The van der Waals surface area contributed by atoms with Crippen molar-refractivity contribution in [3.8, 4) is 0 Å². The summed E-state index contributed by atoms with van der Waals surface area (Å²) >= 11 is 0. The first kappa shape index (κ1) is 20.0. The monoisotopic (exact) mass is 413 g/mol. The van der Waals surface area contributed by atoms with Gasteiger partial charge in [-0.15, -0.1) is 0 Å². The van der Waals surface area contributed by atoms with Crippen LogP contribution in [-0.4, -0.2) is 46.4 Å². The van der Waals surface area contributed by atoms with Gasteiger partial charge in [0.25, 0.3) is 0 Å². The summed E-state index contributed by atoms with van der Waals surface area (Å²) in [6, 6.07) is 7.22. The van der Waals surface area contributed by atoms with E-state index in [-0.39, 0.29) is 6.04 Å². The summed E-state index contributed by atoms with van der Waals surface area (Å²) in [4.78, 5) is 8.50. The van der Waals surface area contributed by atoms with E-state index < -0.39 is 10.0 Å². The van der Waals surface area contributed by atoms with Crippen LogP contribution >= 0.6 is 0 Å². The molecule has 8 heteroatoms. The number of sulfonamides is 1. The molecule has 3 heterocycles. The standard InChI is InChI=1S/C21H27N5O2S/c22-20(4-2-11-25-14-10-24-16-25)17-7-12-26(13-8-17)29(27,28)21-5-1-3-18-15-23-9-6-19(18)21/h1,3,5-6,9-10,14-17,20H,2,4,7-8,11-13,22H2. The number of imidazole rings is 1. The zero-order valence-corrected chi connectivity index (χ0v) is 17.2. The van der Waals surface area contributed by atoms with Crippen LogP contribution in [0, 0.1) is 5.92 Å². The van der Waals surface area contributed by atoms with E-state index in [1.54, 1.807) is 41.1 Å². The fraction of sp³-hybridized carbons (Fsp3) is 0.429. The van der Waals surface area contributed by atoms with Gasteiger partial charge in [0.1, 0.15) is 0 Å². The fourth-order valence-electron chi connectivity index (χ4n) is 4.17. The van der Waals surface area contributed by atoms with Crippen LogP contribution in [0.1, 0.15) is 25.7 Å². The molecule has 154 valence electrons. The van der Waals surface area contributed by atoms with Gasteiger partial charge >= 0.3 is 0 Å². The third-order valence-electron chi connectivity index (χ3n) is 5.88. The first-order chi connectivity index (χ1) is 14.1. The Hall–Kier alpha value is -2.29. The minimum Gasteiger partial charge on any atom is -0.337 e. The third-order valence-corrected chi connectivity index (χ3v) is 7.83. The summed E-state index contributed by atoms with van der Waals surface area (Å²) in [5.41, 5.74) is 6.43. The van der Waals surface area contributed by atoms with E-state index in [0.717, 1.165) is 43.0 Å². The van der Waals surface area contributed by atoms with Crippen LogP contribution in [0.5, 0.6) is 0 Å². The molecule has 4 rings (SSSR count). The molecule has 0 spiro atoms. The highest BCUT2D eigenvalue weighted by Gasteiger charge is 2.32. The third kappa shape index (κ3) is 4.34. The lowest BCUT2D eigenvalue weighted by Crippen LogP contribution is -2.43. The number of aryl methyl sites for hydroxylation is 1. The minimum atomic E-state index is -3.53. The lowest BCUT2D eigenvalue weighted by Gasteiger charge is -2.34. The molecule has 1 unspecified atom stereocenters. The topological polar surface area (TPSA) is 94.1 Å². The largest absolute Gasteiger partial charge is 0.337 e. The van der Waals surface area contributed by atoms with Crippen LogP contribution < -0.4 is 5.73 Å². The van der Waals surface area contributed by atoms with Crippen molar-refractivity contribution in [3.05, 3.63) is 55.4 Å². The molecule has 0 radical (unpaired) electrons. The van der Waals surface area contributed by atoms with Crippen LogP contribution in [0.3, 0.4) is 0 Å². The number of fused-ring (bicyclic) bond motifs is 1. The Morgan fingerprint density at radius 1 is 1.14 bits per heavy atom. The number of piperidine rings is 1. The highest BCUT2D eigenvalue weighted by Crippen LogP contribution is 2.29. The molecule has 2 aromatic heterocycles. The van der Waals surface area contributed by atoms with Crippen LogP contribution in [0.25, 0.3) is 10.8 Å². The van der Waals surface area contributed by atoms with Crippen molar-refractivity contribution >= 4 is 20.8 Å². The molecule has 0 bridgehead atoms. The zero-order chi connectivity index (χ0) is 20.3. The van der Waals surface area contributed by atoms with Crippen molar-refractivity contribution in [3.63, 3.8) is 0 Å². The molecule has 2 N–H and O–H groups in total. The quantitative estimate of drug-likeness (QED) is 0.643. The fourth-order valence-corrected chi connectivity index (χ4v) is 5.85. The summed E-state index contributed by atoms with van der Waals surface area (Å²) in [5.74, 6) is 0.362. The Labute approximate surface area is 171 Å². The molecular formula is C21H27N5O2S. The Kier molecular flexibility index (Phi) is 5.94. The maximum Gasteiger partial charge on any atom is 0.243 e. The van der Waals surface area contributed by atoms with Gasteiger partial charge in [-0.2, -0.15) is 4.31 Å². The van der Waals surface area contributed by atoms with Crippen LogP contribution in [-0.2, 0) is 16.6 Å². The lowest BCUT2D eigenvalue weighted by atomic mass is 9.88. The Morgan fingerprint density at radius 2 is 1.97 bits per heavy atom. The van der Waals surface area contributed by atoms with Gasteiger partial charge in [-0.1, -0.05) is 12.1 Å². The Bertz CT molecular complexity index is 1040. The minimum absolute atomic E-state index is 0.104. The van der Waals surface area contributed by atoms with Crippen molar-refractivity contribution in [1.29, 1.82) is 0 Å². The molecule has 1 aromatic carbocycles. The maximum atomic E-state index is 13.2. The van der Waals surface area contributed by atoms with Gasteiger partial charge in [0, 0.05) is 61.2 Å². The van der Waals surface area contributed by atoms with Crippen molar-refractivity contribution in [2.75, 3.05) is 13.1 Å². The Morgan fingerprint density at radius 3 is 2.72 bits per heavy atom. The normalized spacial score (nSPS) is 17.6. The second-order valence-corrected chi connectivity index (χ2v) is 9.61. The van der Waals surface area contributed by atoms with E-state index in [9.17, 15) is 8.42 Å². The molecule has 1 atom stereocenters. The van der Waals surface area contributed by atoms with E-state index in [1.807, 2.05) is 18.6 Å². The smallest absolute Gasteiger partial charge is 0.243 e. The average Bonchev–Trinajstić information content (AvgIpc) is 3.27. The van der Waals surface area contributed by atoms with Crippen LogP contribution in [0.2, 0.25) is 0 Å². The van der Waals surface area contributed by atoms with Crippen molar-refractivity contribution < 1.29 is 8.42 Å². The van der Waals surface area contributed by atoms with Crippen LogP contribution in [0.15, 0.2) is 60.3 Å². The number of aromatic nitrogens is 3. The predicted molar refractivity (Wildman–Crippen MR) is 113 cm³/mol. The van der Waals surface area contributed by atoms with E-state index in [0.29, 0.717) is 23.9 Å². The number of pyridine rings is 1. The van der Waals surface area contributed by atoms with Gasteiger partial charge in [-0.3, -0.25) is 4.98 Å². The molecule has 0 saturated carbocycles. The lowest BCUT2D eigenvalue weighted by molar-refractivity contribution is 0.236. The van der Waals surface area contributed by atoms with Gasteiger partial charge in [0.05, 0.1) is 11.2 Å². The number of nitrogens with two attached hydrogens (primary N) is 1. The number of hydrogen-bond acceptors (Lipinski definition) is 5. The average molecular weight is 414 g/mol. The highest BCUT2D eigenvalue weighted by molar-refractivity contribution is 7.89. The molecule has 1 saturated heterocycles. The highest BCUT2D eigenvalue weighted by atomic mass is 32.2. The molecule has 1 aliphatic heterocycles. The van der Waals surface area contributed by atoms with Crippen molar-refractivity contribution in [2.24, 2.45) is 11.7 Å². The molecule has 3 aromatic rings. The zero-order valence-electron chi connectivity index (χ0n) is 16.4. The second kappa shape index (κ2) is 8.61.